The topological polar surface area (TPSA) is 55.7 Å². The number of hydrogen-bond donors (Lipinski definition) is 0. The van der Waals surface area contributed by atoms with Gasteiger partial charge in [0.1, 0.15) is 5.69 Å². The standard InChI is InChI=1S/C10H9F2NO3/c1-2-16-8(14)5-6-3-4-7(13-15)10(12)9(6)11/h3-4H,2,5H2,1H3. The fourth-order valence-corrected chi connectivity index (χ4v) is 1.15. The number of benzene rings is 1. The summed E-state index contributed by atoms with van der Waals surface area (Å²) in [5, 5.41) is 2.31. The van der Waals surface area contributed by atoms with E-state index in [4.69, 9.17) is 0 Å². The molecular weight excluding hydrogens is 220 g/mol. The van der Waals surface area contributed by atoms with Crippen molar-refractivity contribution in [2.75, 3.05) is 6.61 Å². The van der Waals surface area contributed by atoms with Crippen molar-refractivity contribution in [3.63, 3.8) is 0 Å². The van der Waals surface area contributed by atoms with Gasteiger partial charge in [-0.25, -0.2) is 8.78 Å². The first-order valence-electron chi connectivity index (χ1n) is 4.56. The summed E-state index contributed by atoms with van der Waals surface area (Å²) in [6.07, 6.45) is -0.379. The molecule has 0 aliphatic heterocycles. The van der Waals surface area contributed by atoms with Crippen LogP contribution in [0.4, 0.5) is 14.5 Å². The van der Waals surface area contributed by atoms with Gasteiger partial charge in [0.05, 0.1) is 13.0 Å². The second-order valence-electron chi connectivity index (χ2n) is 2.94. The fourth-order valence-electron chi connectivity index (χ4n) is 1.15. The van der Waals surface area contributed by atoms with Crippen LogP contribution in [0.5, 0.6) is 0 Å². The number of nitrogens with zero attached hydrogens (tertiary/aromatic N) is 1. The van der Waals surface area contributed by atoms with E-state index in [1.54, 1.807) is 6.92 Å². The molecule has 0 spiro atoms. The number of ether oxygens (including phenoxy) is 1. The minimum Gasteiger partial charge on any atom is -0.466 e. The van der Waals surface area contributed by atoms with Crippen molar-refractivity contribution in [1.82, 2.24) is 0 Å². The third-order valence-corrected chi connectivity index (χ3v) is 1.88. The molecule has 0 aliphatic rings. The van der Waals surface area contributed by atoms with E-state index in [-0.39, 0.29) is 18.6 Å². The van der Waals surface area contributed by atoms with Crippen LogP contribution in [0.2, 0.25) is 0 Å². The van der Waals surface area contributed by atoms with Crippen molar-refractivity contribution in [1.29, 1.82) is 0 Å². The predicted molar refractivity (Wildman–Crippen MR) is 52.2 cm³/mol. The van der Waals surface area contributed by atoms with Crippen molar-refractivity contribution in [3.05, 3.63) is 34.2 Å². The van der Waals surface area contributed by atoms with Crippen molar-refractivity contribution in [3.8, 4) is 0 Å². The molecule has 0 bridgehead atoms. The lowest BCUT2D eigenvalue weighted by molar-refractivity contribution is -0.142. The zero-order valence-corrected chi connectivity index (χ0v) is 8.50. The monoisotopic (exact) mass is 229 g/mol. The summed E-state index contributed by atoms with van der Waals surface area (Å²) in [4.78, 5) is 21.1. The maximum atomic E-state index is 13.3. The molecule has 1 aromatic rings. The molecule has 0 N–H and O–H groups in total. The van der Waals surface area contributed by atoms with E-state index in [1.165, 1.54) is 0 Å². The summed E-state index contributed by atoms with van der Waals surface area (Å²) in [5.74, 6) is -3.26. The van der Waals surface area contributed by atoms with Crippen LogP contribution >= 0.6 is 0 Å². The van der Waals surface area contributed by atoms with Gasteiger partial charge < -0.3 is 4.74 Å². The number of esters is 1. The number of carbonyl (C=O) groups is 1. The molecule has 4 nitrogen and oxygen atoms in total. The highest BCUT2D eigenvalue weighted by atomic mass is 19.2. The van der Waals surface area contributed by atoms with Gasteiger partial charge >= 0.3 is 5.97 Å². The summed E-state index contributed by atoms with van der Waals surface area (Å²) in [6, 6.07) is 2.14. The van der Waals surface area contributed by atoms with Gasteiger partial charge in [-0.15, -0.1) is 4.91 Å². The Hall–Kier alpha value is -1.85. The average Bonchev–Trinajstić information content (AvgIpc) is 2.25. The lowest BCUT2D eigenvalue weighted by atomic mass is 10.1. The maximum Gasteiger partial charge on any atom is 0.310 e. The Balaban J connectivity index is 2.94. The van der Waals surface area contributed by atoms with Crippen LogP contribution in [0.1, 0.15) is 12.5 Å². The van der Waals surface area contributed by atoms with Gasteiger partial charge in [0.2, 0.25) is 0 Å². The lowest BCUT2D eigenvalue weighted by Crippen LogP contribution is -2.09. The Morgan fingerprint density at radius 1 is 1.38 bits per heavy atom. The van der Waals surface area contributed by atoms with Crippen LogP contribution in [0.3, 0.4) is 0 Å². The van der Waals surface area contributed by atoms with Gasteiger partial charge in [-0.2, -0.15) is 0 Å². The zero-order valence-electron chi connectivity index (χ0n) is 8.50. The van der Waals surface area contributed by atoms with Gasteiger partial charge in [-0.3, -0.25) is 4.79 Å². The Kier molecular flexibility index (Phi) is 4.04. The Labute approximate surface area is 90.2 Å². The first-order valence-corrected chi connectivity index (χ1v) is 4.56. The van der Waals surface area contributed by atoms with E-state index >= 15 is 0 Å². The van der Waals surface area contributed by atoms with Crippen molar-refractivity contribution < 1.29 is 18.3 Å². The Bertz CT molecular complexity index is 421. The summed E-state index contributed by atoms with van der Waals surface area (Å²) >= 11 is 0. The first kappa shape index (κ1) is 12.2. The molecule has 0 fully saturated rings. The minimum absolute atomic E-state index is 0.164. The molecule has 0 saturated heterocycles. The molecule has 86 valence electrons. The molecule has 0 atom stereocenters. The van der Waals surface area contributed by atoms with E-state index in [9.17, 15) is 18.5 Å². The zero-order chi connectivity index (χ0) is 12.1. The van der Waals surface area contributed by atoms with Gasteiger partial charge in [-0.05, 0) is 18.2 Å². The van der Waals surface area contributed by atoms with Crippen molar-refractivity contribution in [2.24, 2.45) is 5.18 Å². The third-order valence-electron chi connectivity index (χ3n) is 1.88. The molecule has 6 heteroatoms. The molecule has 0 heterocycles. The lowest BCUT2D eigenvalue weighted by Gasteiger charge is -2.04. The Morgan fingerprint density at radius 3 is 2.62 bits per heavy atom. The van der Waals surface area contributed by atoms with E-state index in [0.29, 0.717) is 0 Å². The molecule has 1 rings (SSSR count). The van der Waals surface area contributed by atoms with Crippen LogP contribution < -0.4 is 0 Å². The molecule has 1 aromatic carbocycles. The summed E-state index contributed by atoms with van der Waals surface area (Å²) in [6.45, 7) is 1.77. The first-order chi connectivity index (χ1) is 7.60. The molecule has 0 saturated carbocycles. The molecule has 0 aromatic heterocycles. The SMILES string of the molecule is CCOC(=O)Cc1ccc(N=O)c(F)c1F. The number of nitroso groups, excluding NO2 is 1. The van der Waals surface area contributed by atoms with Gasteiger partial charge in [-0.1, -0.05) is 6.07 Å². The second kappa shape index (κ2) is 5.29. The highest BCUT2D eigenvalue weighted by molar-refractivity contribution is 5.72. The molecule has 0 amide bonds. The quantitative estimate of drug-likeness (QED) is 0.588. The van der Waals surface area contributed by atoms with E-state index < -0.39 is 23.3 Å². The van der Waals surface area contributed by atoms with Crippen LogP contribution in [0.15, 0.2) is 17.3 Å². The largest absolute Gasteiger partial charge is 0.466 e. The van der Waals surface area contributed by atoms with Crippen molar-refractivity contribution in [2.45, 2.75) is 13.3 Å². The molecule has 16 heavy (non-hydrogen) atoms. The summed E-state index contributed by atoms with van der Waals surface area (Å²) < 4.78 is 30.9. The average molecular weight is 229 g/mol. The van der Waals surface area contributed by atoms with Gasteiger partial charge in [0.25, 0.3) is 0 Å². The normalized spacial score (nSPS) is 9.94. The molecule has 0 unspecified atom stereocenters. The number of halogens is 2. The second-order valence-corrected chi connectivity index (χ2v) is 2.94. The number of carbonyl (C=O) groups excluding carboxylic acids is 1. The third kappa shape index (κ3) is 2.59. The van der Waals surface area contributed by atoms with Crippen LogP contribution in [0.25, 0.3) is 0 Å². The summed E-state index contributed by atoms with van der Waals surface area (Å²) in [7, 11) is 0. The Morgan fingerprint density at radius 2 is 2.06 bits per heavy atom. The highest BCUT2D eigenvalue weighted by Gasteiger charge is 2.16. The van der Waals surface area contributed by atoms with Crippen LogP contribution in [0, 0.1) is 16.5 Å². The maximum absolute atomic E-state index is 13.3. The fraction of sp³-hybridized carbons (Fsp3) is 0.300. The van der Waals surface area contributed by atoms with Gasteiger partial charge in [0.15, 0.2) is 11.6 Å². The van der Waals surface area contributed by atoms with E-state index in [0.717, 1.165) is 12.1 Å². The van der Waals surface area contributed by atoms with Crippen LogP contribution in [-0.2, 0) is 16.0 Å². The van der Waals surface area contributed by atoms with E-state index in [2.05, 4.69) is 9.91 Å². The molecule has 0 aliphatic carbocycles. The molecule has 0 radical (unpaired) electrons. The minimum atomic E-state index is -1.35. The summed E-state index contributed by atoms with van der Waals surface area (Å²) in [5.41, 5.74) is -0.784. The molecular formula is C10H9F2NO3. The van der Waals surface area contributed by atoms with Crippen molar-refractivity contribution >= 4 is 11.7 Å². The van der Waals surface area contributed by atoms with Crippen LogP contribution in [-0.4, -0.2) is 12.6 Å². The highest BCUT2D eigenvalue weighted by Crippen LogP contribution is 2.23. The number of rotatable bonds is 4. The van der Waals surface area contributed by atoms with E-state index in [1.807, 2.05) is 0 Å². The number of hydrogen-bond acceptors (Lipinski definition) is 4. The van der Waals surface area contributed by atoms with Gasteiger partial charge in [0, 0.05) is 5.56 Å². The smallest absolute Gasteiger partial charge is 0.310 e. The predicted octanol–water partition coefficient (Wildman–Crippen LogP) is 2.47.